The Hall–Kier alpha value is -4.59. The van der Waals surface area contributed by atoms with E-state index in [2.05, 4.69) is 50.6 Å². The van der Waals surface area contributed by atoms with E-state index in [1.54, 1.807) is 6.20 Å². The summed E-state index contributed by atoms with van der Waals surface area (Å²) in [6.45, 7) is 1.74. The van der Waals surface area contributed by atoms with Crippen LogP contribution in [0.1, 0.15) is 57.3 Å². The summed E-state index contributed by atoms with van der Waals surface area (Å²) >= 11 is 0. The predicted octanol–water partition coefficient (Wildman–Crippen LogP) is 5.73. The first-order valence-corrected chi connectivity index (χ1v) is 13.8. The minimum Gasteiger partial charge on any atom is -0.345 e. The molecule has 1 atom stereocenters. The molecule has 2 aromatic heterocycles. The molecule has 3 aromatic carbocycles. The summed E-state index contributed by atoms with van der Waals surface area (Å²) in [4.78, 5) is 49.4. The summed E-state index contributed by atoms with van der Waals surface area (Å²) in [5, 5.41) is 6.18. The Morgan fingerprint density at radius 2 is 1.68 bits per heavy atom. The van der Waals surface area contributed by atoms with Crippen LogP contribution in [0.3, 0.4) is 0 Å². The maximum Gasteiger partial charge on any atom is 0.348 e. The van der Waals surface area contributed by atoms with Gasteiger partial charge in [0.15, 0.2) is 0 Å². The van der Waals surface area contributed by atoms with Crippen molar-refractivity contribution in [2.45, 2.75) is 58.0 Å². The summed E-state index contributed by atoms with van der Waals surface area (Å²) in [6, 6.07) is 21.4. The van der Waals surface area contributed by atoms with Gasteiger partial charge in [0.25, 0.3) is 0 Å². The maximum absolute atomic E-state index is 13.2. The number of Topliss-reactive ketones (excluding diaryl/α,β-unsaturated/α-hetero) is 1. The van der Waals surface area contributed by atoms with Gasteiger partial charge in [-0.05, 0) is 35.7 Å². The molecule has 40 heavy (non-hydrogen) atoms. The van der Waals surface area contributed by atoms with Gasteiger partial charge in [-0.1, -0.05) is 74.4 Å². The van der Waals surface area contributed by atoms with Crippen molar-refractivity contribution in [3.8, 4) is 11.3 Å². The smallest absolute Gasteiger partial charge is 0.345 e. The normalized spacial score (nSPS) is 12.0. The predicted molar refractivity (Wildman–Crippen MR) is 157 cm³/mol. The Labute approximate surface area is 232 Å². The van der Waals surface area contributed by atoms with Crippen LogP contribution in [-0.2, 0) is 16.1 Å². The van der Waals surface area contributed by atoms with E-state index >= 15 is 0 Å². The minimum atomic E-state index is -0.470. The van der Waals surface area contributed by atoms with Crippen molar-refractivity contribution in [2.24, 2.45) is 0 Å². The molecule has 1 amide bonds. The number of nitrogens with zero attached hydrogens (tertiary/aromatic N) is 3. The molecule has 0 aliphatic carbocycles. The van der Waals surface area contributed by atoms with Crippen molar-refractivity contribution >= 4 is 33.4 Å². The van der Waals surface area contributed by atoms with E-state index in [9.17, 15) is 14.4 Å². The number of aromatic amines is 1. The van der Waals surface area contributed by atoms with Crippen LogP contribution in [-0.4, -0.2) is 31.2 Å². The van der Waals surface area contributed by atoms with Crippen LogP contribution in [0.2, 0.25) is 0 Å². The third-order valence-electron chi connectivity index (χ3n) is 7.24. The average molecular weight is 536 g/mol. The van der Waals surface area contributed by atoms with Crippen LogP contribution in [0.25, 0.3) is 32.9 Å². The number of aromatic nitrogens is 4. The number of H-pyrrole nitrogens is 1. The first-order valence-electron chi connectivity index (χ1n) is 13.8. The molecule has 0 radical (unpaired) electrons. The van der Waals surface area contributed by atoms with Gasteiger partial charge in [0.2, 0.25) is 5.91 Å². The molecule has 204 valence electrons. The third-order valence-corrected chi connectivity index (χ3v) is 7.24. The zero-order chi connectivity index (χ0) is 27.9. The number of ketones is 1. The van der Waals surface area contributed by atoms with Crippen LogP contribution in [0, 0.1) is 0 Å². The largest absolute Gasteiger partial charge is 0.348 e. The number of fused-ring (bicyclic) bond motifs is 2. The summed E-state index contributed by atoms with van der Waals surface area (Å²) in [5.74, 6) is 0.629. The molecule has 0 aliphatic rings. The van der Waals surface area contributed by atoms with Gasteiger partial charge in [-0.2, -0.15) is 0 Å². The summed E-state index contributed by atoms with van der Waals surface area (Å²) in [6.07, 6.45) is 7.63. The van der Waals surface area contributed by atoms with Gasteiger partial charge >= 0.3 is 5.69 Å². The lowest BCUT2D eigenvalue weighted by Crippen LogP contribution is -2.36. The minimum absolute atomic E-state index is 0.146. The van der Waals surface area contributed by atoms with Crippen molar-refractivity contribution in [1.82, 2.24) is 24.8 Å². The Bertz CT molecular complexity index is 1700. The lowest BCUT2D eigenvalue weighted by Gasteiger charge is -2.18. The number of nitrogens with one attached hydrogen (secondary N) is 2. The van der Waals surface area contributed by atoms with Crippen molar-refractivity contribution in [3.05, 3.63) is 95.4 Å². The molecule has 8 nitrogen and oxygen atoms in total. The number of rotatable bonds is 12. The number of unbranched alkanes of at least 4 members (excludes halogenated alkanes) is 2. The molecule has 0 saturated heterocycles. The number of hydrogen-bond donors (Lipinski definition) is 2. The number of imidazole rings is 1. The van der Waals surface area contributed by atoms with Gasteiger partial charge in [0.05, 0.1) is 23.4 Å². The Morgan fingerprint density at radius 3 is 2.50 bits per heavy atom. The van der Waals surface area contributed by atoms with Gasteiger partial charge in [0, 0.05) is 30.0 Å². The van der Waals surface area contributed by atoms with E-state index in [4.69, 9.17) is 0 Å². The van der Waals surface area contributed by atoms with E-state index in [0.29, 0.717) is 30.6 Å². The van der Waals surface area contributed by atoms with Crippen LogP contribution in [0.5, 0.6) is 0 Å². The van der Waals surface area contributed by atoms with Crippen molar-refractivity contribution < 1.29 is 9.59 Å². The maximum atomic E-state index is 13.2. The Morgan fingerprint density at radius 1 is 0.900 bits per heavy atom. The summed E-state index contributed by atoms with van der Waals surface area (Å²) < 4.78 is 1.39. The molecular formula is C32H33N5O3. The quantitative estimate of drug-likeness (QED) is 0.198. The first kappa shape index (κ1) is 27.0. The van der Waals surface area contributed by atoms with Gasteiger partial charge in [-0.25, -0.2) is 14.8 Å². The second kappa shape index (κ2) is 12.5. The fraction of sp³-hybridized carbons (Fsp3) is 0.281. The molecule has 0 bridgehead atoms. The Kier molecular flexibility index (Phi) is 8.44. The molecule has 5 aromatic rings. The van der Waals surface area contributed by atoms with Gasteiger partial charge in [-0.15, -0.1) is 0 Å². The monoisotopic (exact) mass is 535 g/mol. The van der Waals surface area contributed by atoms with Crippen molar-refractivity contribution in [2.75, 3.05) is 0 Å². The highest BCUT2D eigenvalue weighted by molar-refractivity contribution is 5.87. The first-order chi connectivity index (χ1) is 19.5. The number of para-hydroxylation sites is 1. The van der Waals surface area contributed by atoms with Crippen LogP contribution < -0.4 is 11.0 Å². The SMILES string of the molecule is CCC(=O)CCCCC[C@H](NC(=O)Cn1c(=O)ncc2ccccc21)c1ncc(-c2ccc3ccccc3c2)[nH]1. The third kappa shape index (κ3) is 6.34. The Balaban J connectivity index is 1.34. The van der Waals surface area contributed by atoms with Gasteiger partial charge in [0.1, 0.15) is 18.2 Å². The highest BCUT2D eigenvalue weighted by Crippen LogP contribution is 2.26. The highest BCUT2D eigenvalue weighted by Gasteiger charge is 2.19. The number of carbonyl (C=O) groups excluding carboxylic acids is 2. The number of amides is 1. The standard InChI is InChI=1S/C32H33N5O3/c1-2-26(38)13-4-3-5-14-27(35-30(39)21-37-29-15-9-8-12-25(29)19-34-32(37)40)31-33-20-28(36-31)24-17-16-22-10-6-7-11-23(22)18-24/h6-12,15-20,27H,2-5,13-14,21H2,1H3,(H,33,36)(H,35,39)/t27-/m0/s1. The van der Waals surface area contributed by atoms with E-state index in [0.717, 1.165) is 46.7 Å². The lowest BCUT2D eigenvalue weighted by molar-refractivity contribution is -0.122. The number of benzene rings is 3. The zero-order valence-electron chi connectivity index (χ0n) is 22.6. The highest BCUT2D eigenvalue weighted by atomic mass is 16.2. The molecule has 0 unspecified atom stereocenters. The van der Waals surface area contributed by atoms with Crippen LogP contribution in [0.4, 0.5) is 0 Å². The molecular weight excluding hydrogens is 502 g/mol. The fourth-order valence-corrected chi connectivity index (χ4v) is 5.00. The topological polar surface area (TPSA) is 110 Å². The van der Waals surface area contributed by atoms with Crippen molar-refractivity contribution in [3.63, 3.8) is 0 Å². The molecule has 8 heteroatoms. The molecule has 0 saturated carbocycles. The fourth-order valence-electron chi connectivity index (χ4n) is 5.00. The second-order valence-corrected chi connectivity index (χ2v) is 10.0. The van der Waals surface area contributed by atoms with E-state index < -0.39 is 5.69 Å². The van der Waals surface area contributed by atoms with E-state index in [-0.39, 0.29) is 24.3 Å². The molecule has 0 aliphatic heterocycles. The van der Waals surface area contributed by atoms with Crippen LogP contribution >= 0.6 is 0 Å². The molecule has 0 fully saturated rings. The van der Waals surface area contributed by atoms with Gasteiger partial charge in [-0.3, -0.25) is 14.2 Å². The van der Waals surface area contributed by atoms with E-state index in [1.165, 1.54) is 10.8 Å². The van der Waals surface area contributed by atoms with Gasteiger partial charge < -0.3 is 10.3 Å². The summed E-state index contributed by atoms with van der Waals surface area (Å²) in [5.41, 5.74) is 2.06. The van der Waals surface area contributed by atoms with E-state index in [1.807, 2.05) is 43.3 Å². The molecule has 0 spiro atoms. The number of hydrogen-bond acceptors (Lipinski definition) is 5. The van der Waals surface area contributed by atoms with Crippen molar-refractivity contribution in [1.29, 1.82) is 0 Å². The summed E-state index contributed by atoms with van der Waals surface area (Å²) in [7, 11) is 0. The second-order valence-electron chi connectivity index (χ2n) is 10.0. The average Bonchev–Trinajstić information content (AvgIpc) is 3.48. The number of carbonyl (C=O) groups is 2. The lowest BCUT2D eigenvalue weighted by atomic mass is 10.0. The molecule has 5 rings (SSSR count). The zero-order valence-corrected chi connectivity index (χ0v) is 22.6. The van der Waals surface area contributed by atoms with Crippen LogP contribution in [0.15, 0.2) is 83.9 Å². The molecule has 2 N–H and O–H groups in total. The molecule has 2 heterocycles.